The quantitative estimate of drug-likeness (QED) is 0.0220. The molecule has 0 amide bonds. The molecule has 6 atom stereocenters. The largest absolute Gasteiger partial charge is 1.00 e. The average Bonchev–Trinajstić information content (AvgIpc) is 3.41. The van der Waals surface area contributed by atoms with Crippen LogP contribution in [-0.4, -0.2) is 114 Å². The third-order valence-corrected chi connectivity index (χ3v) is 17.0. The van der Waals surface area contributed by atoms with E-state index in [0.717, 1.165) is 22.7 Å². The van der Waals surface area contributed by atoms with Crippen molar-refractivity contribution in [2.45, 2.75) is 46.1 Å². The summed E-state index contributed by atoms with van der Waals surface area (Å²) in [6.07, 6.45) is -9.02. The first kappa shape index (κ1) is 53.9. The topological polar surface area (TPSA) is 247 Å². The van der Waals surface area contributed by atoms with Crippen molar-refractivity contribution in [3.8, 4) is 0 Å². The van der Waals surface area contributed by atoms with E-state index in [0.29, 0.717) is 12.3 Å². The van der Waals surface area contributed by atoms with Gasteiger partial charge in [0.05, 0.1) is 19.4 Å². The van der Waals surface area contributed by atoms with E-state index in [1.54, 1.807) is 0 Å². The first-order valence-electron chi connectivity index (χ1n) is 12.0. The summed E-state index contributed by atoms with van der Waals surface area (Å²) in [7, 11) is -16.3. The first-order valence-corrected chi connectivity index (χ1v) is 20.4. The minimum absolute atomic E-state index is 0. The number of anilines is 1. The van der Waals surface area contributed by atoms with Crippen molar-refractivity contribution in [3.05, 3.63) is 6.33 Å². The van der Waals surface area contributed by atoms with Crippen LogP contribution in [0.4, 0.5) is 19.0 Å². The normalized spacial score (nSPS) is 22.3. The third-order valence-electron chi connectivity index (χ3n) is 5.81. The molecule has 1 aliphatic rings. The Bertz CT molecular complexity index is 1490. The number of ether oxygens (including phenoxy) is 1. The minimum atomic E-state index is -5.66. The SMILES string of the molecule is CSCCNc1nc(SCCC(F)(F)F)nc2c1ncn2[C@@H]1O[C@H](COP(=O)(O)CP(=O)(O)C(Cl)(Cl)P(=O)(O)O)[C@@H](O)[C@H]1O.[Na+].[Na+].[Na+].[Na+]. The molecule has 0 aromatic carbocycles. The zero-order valence-electron chi connectivity index (χ0n) is 26.2. The standard InChI is InChI=1S/C18H27Cl2F3N5O11P3S2.4Na/c1-43-5-3-24-13-10-14(27-16(26-13)44-4-2-17(21,22)23)28(7-25-10)15-12(30)11(29)9(39-15)6-38-41(33,34)8-40(31,32)18(19,20)42(35,36)37;;;;/h7,9,11-12,15,29-30H,2-6,8H2,1H3,(H,31,32)(H,33,34)(H,24,26,27)(H2,35,36,37);;;;/q;4*+1/t9-,11-,12-,15-;;;;/m1..../s1. The van der Waals surface area contributed by atoms with Crippen molar-refractivity contribution in [3.63, 3.8) is 0 Å². The van der Waals surface area contributed by atoms with Gasteiger partial charge in [-0.15, -0.1) is 0 Å². The van der Waals surface area contributed by atoms with Crippen LogP contribution in [0, 0.1) is 0 Å². The molecule has 3 heterocycles. The van der Waals surface area contributed by atoms with Crippen LogP contribution >= 0.6 is 69.3 Å². The molecule has 2 aromatic rings. The molecule has 7 N–H and O–H groups in total. The maximum absolute atomic E-state index is 12.7. The van der Waals surface area contributed by atoms with E-state index in [2.05, 4.69) is 20.3 Å². The van der Waals surface area contributed by atoms with Gasteiger partial charge in [0, 0.05) is 18.1 Å². The Morgan fingerprint density at radius 2 is 1.65 bits per heavy atom. The molecular formula is C18H27Cl2F3N5Na4O11P3S2+4. The maximum atomic E-state index is 12.7. The van der Waals surface area contributed by atoms with Crippen molar-refractivity contribution in [1.29, 1.82) is 0 Å². The predicted octanol–water partition coefficient (Wildman–Crippen LogP) is -9.02. The molecule has 2 aromatic heterocycles. The molecule has 30 heteroatoms. The zero-order chi connectivity index (χ0) is 33.3. The van der Waals surface area contributed by atoms with Gasteiger partial charge in [0.15, 0.2) is 28.4 Å². The summed E-state index contributed by atoms with van der Waals surface area (Å²) >= 11 is 12.9. The molecule has 2 unspecified atom stereocenters. The van der Waals surface area contributed by atoms with E-state index < -0.39 is 81.8 Å². The van der Waals surface area contributed by atoms with Crippen LogP contribution < -0.4 is 124 Å². The molecular weight excluding hydrogens is 839 g/mol. The van der Waals surface area contributed by atoms with Crippen LogP contribution in [0.2, 0.25) is 0 Å². The monoisotopic (exact) mass is 865 g/mol. The molecule has 3 rings (SSSR count). The van der Waals surface area contributed by atoms with Gasteiger partial charge in [0.1, 0.15) is 24.2 Å². The Labute approximate surface area is 379 Å². The summed E-state index contributed by atoms with van der Waals surface area (Å²) in [5.74, 6) is -1.34. The molecule has 0 saturated carbocycles. The van der Waals surface area contributed by atoms with Gasteiger partial charge in [-0.05, 0) is 6.26 Å². The van der Waals surface area contributed by atoms with E-state index in [1.807, 2.05) is 6.26 Å². The molecule has 0 spiro atoms. The van der Waals surface area contributed by atoms with Gasteiger partial charge in [-0.3, -0.25) is 18.3 Å². The van der Waals surface area contributed by atoms with Gasteiger partial charge in [-0.2, -0.15) is 24.9 Å². The molecule has 252 valence electrons. The fraction of sp³-hybridized carbons (Fsp3) is 0.722. The Balaban J connectivity index is 0. The Hall–Kier alpha value is 3.79. The number of aromatic nitrogens is 4. The van der Waals surface area contributed by atoms with E-state index >= 15 is 0 Å². The summed E-state index contributed by atoms with van der Waals surface area (Å²) in [5.41, 5.74) is 0.163. The number of aliphatic hydroxyl groups excluding tert-OH is 2. The number of alkyl halides is 5. The number of imidazole rings is 1. The van der Waals surface area contributed by atoms with Gasteiger partial charge in [0.25, 0.3) is 11.2 Å². The number of aliphatic hydroxyl groups is 2. The van der Waals surface area contributed by atoms with Crippen LogP contribution in [0.25, 0.3) is 11.2 Å². The first-order chi connectivity index (χ1) is 20.1. The second kappa shape index (κ2) is 21.9. The van der Waals surface area contributed by atoms with Gasteiger partial charge >= 0.3 is 140 Å². The van der Waals surface area contributed by atoms with E-state index in [4.69, 9.17) is 42.2 Å². The number of nitrogens with one attached hydrogen (secondary N) is 1. The minimum Gasteiger partial charge on any atom is -0.387 e. The Morgan fingerprint density at radius 1 is 1.04 bits per heavy atom. The summed E-state index contributed by atoms with van der Waals surface area (Å²) in [5, 5.41) is 24.2. The average molecular weight is 866 g/mol. The van der Waals surface area contributed by atoms with E-state index in [9.17, 15) is 46.9 Å². The molecule has 1 saturated heterocycles. The number of rotatable bonds is 15. The Morgan fingerprint density at radius 3 is 2.19 bits per heavy atom. The van der Waals surface area contributed by atoms with Crippen LogP contribution in [-0.2, 0) is 23.0 Å². The number of hydrogen-bond acceptors (Lipinski definition) is 13. The molecule has 0 bridgehead atoms. The number of thioether (sulfide) groups is 2. The fourth-order valence-electron chi connectivity index (χ4n) is 3.66. The summed E-state index contributed by atoms with van der Waals surface area (Å²) in [4.78, 5) is 51.0. The van der Waals surface area contributed by atoms with Gasteiger partial charge in [0.2, 0.25) is 0 Å². The van der Waals surface area contributed by atoms with Crippen molar-refractivity contribution in [2.75, 3.05) is 42.1 Å². The van der Waals surface area contributed by atoms with Crippen molar-refractivity contribution in [2.24, 2.45) is 0 Å². The van der Waals surface area contributed by atoms with E-state index in [1.165, 1.54) is 11.8 Å². The number of fused-ring (bicyclic) bond motifs is 1. The zero-order valence-corrected chi connectivity index (χ0v) is 40.0. The van der Waals surface area contributed by atoms with Crippen LogP contribution in [0.3, 0.4) is 0 Å². The Kier molecular flexibility index (Phi) is 24.6. The summed E-state index contributed by atoms with van der Waals surface area (Å²) in [6.45, 7) is -0.560. The number of halogens is 5. The second-order valence-electron chi connectivity index (χ2n) is 9.19. The summed E-state index contributed by atoms with van der Waals surface area (Å²) in [6, 6.07) is 0. The van der Waals surface area contributed by atoms with Crippen molar-refractivity contribution < 1.29 is 184 Å². The second-order valence-corrected chi connectivity index (χ2v) is 20.5. The predicted molar refractivity (Wildman–Crippen MR) is 156 cm³/mol. The molecule has 1 fully saturated rings. The van der Waals surface area contributed by atoms with Gasteiger partial charge < -0.3 is 44.4 Å². The van der Waals surface area contributed by atoms with Crippen LogP contribution in [0.1, 0.15) is 12.6 Å². The molecule has 0 aliphatic carbocycles. The molecule has 48 heavy (non-hydrogen) atoms. The van der Waals surface area contributed by atoms with Gasteiger partial charge in [-0.1, -0.05) is 35.0 Å². The van der Waals surface area contributed by atoms with Crippen molar-refractivity contribution in [1.82, 2.24) is 19.5 Å². The fourth-order valence-corrected chi connectivity index (χ4v) is 11.3. The van der Waals surface area contributed by atoms with Crippen molar-refractivity contribution >= 4 is 86.3 Å². The molecule has 1 aliphatic heterocycles. The van der Waals surface area contributed by atoms with Crippen LogP contribution in [0.5, 0.6) is 0 Å². The molecule has 16 nitrogen and oxygen atoms in total. The third kappa shape index (κ3) is 14.4. The summed E-state index contributed by atoms with van der Waals surface area (Å²) < 4.78 is 82.2. The molecule has 0 radical (unpaired) electrons. The van der Waals surface area contributed by atoms with Gasteiger partial charge in [-0.25, -0.2) is 15.0 Å². The van der Waals surface area contributed by atoms with E-state index in [-0.39, 0.29) is 140 Å². The maximum Gasteiger partial charge on any atom is 1.00 e. The van der Waals surface area contributed by atoms with Crippen LogP contribution in [0.15, 0.2) is 11.5 Å². The smallest absolute Gasteiger partial charge is 0.387 e. The number of nitrogens with zero attached hydrogens (tertiary/aromatic N) is 4. The number of hydrogen-bond donors (Lipinski definition) is 7.